The van der Waals surface area contributed by atoms with Gasteiger partial charge in [0.25, 0.3) is 0 Å². The van der Waals surface area contributed by atoms with Crippen molar-refractivity contribution >= 4 is 33.2 Å². The summed E-state index contributed by atoms with van der Waals surface area (Å²) < 4.78 is 11.3. The summed E-state index contributed by atoms with van der Waals surface area (Å²) in [6.45, 7) is 1.31. The van der Waals surface area contributed by atoms with Crippen LogP contribution in [-0.4, -0.2) is 31.8 Å². The third-order valence-corrected chi connectivity index (χ3v) is 3.26. The molecule has 1 aromatic rings. The number of rotatable bonds is 4. The van der Waals surface area contributed by atoms with Crippen molar-refractivity contribution in [2.75, 3.05) is 30.9 Å². The molecule has 1 heterocycles. The first-order chi connectivity index (χ1) is 8.65. The predicted octanol–water partition coefficient (Wildman–Crippen LogP) is 1.78. The van der Waals surface area contributed by atoms with Crippen LogP contribution < -0.4 is 11.1 Å². The molecule has 0 spiro atoms. The summed E-state index contributed by atoms with van der Waals surface area (Å²) in [4.78, 5) is 11.7. The summed E-state index contributed by atoms with van der Waals surface area (Å²) in [5.41, 5.74) is 6.94. The number of ether oxygens (including phenoxy) is 2. The summed E-state index contributed by atoms with van der Waals surface area (Å²) in [5.74, 6) is -0.188. The van der Waals surface area contributed by atoms with Crippen LogP contribution in [0, 0.1) is 0 Å². The molecule has 1 fully saturated rings. The van der Waals surface area contributed by atoms with Gasteiger partial charge < -0.3 is 20.5 Å². The first-order valence-electron chi connectivity index (χ1n) is 5.69. The van der Waals surface area contributed by atoms with Crippen LogP contribution in [0.25, 0.3) is 0 Å². The number of amides is 1. The molecule has 1 amide bonds. The number of carbonyl (C=O) groups excluding carboxylic acids is 1. The van der Waals surface area contributed by atoms with Crippen LogP contribution in [0.15, 0.2) is 22.7 Å². The van der Waals surface area contributed by atoms with Crippen molar-refractivity contribution in [3.8, 4) is 0 Å². The Balaban J connectivity index is 1.82. The Labute approximate surface area is 114 Å². The van der Waals surface area contributed by atoms with E-state index in [9.17, 15) is 4.79 Å². The van der Waals surface area contributed by atoms with Gasteiger partial charge in [-0.1, -0.05) is 0 Å². The summed E-state index contributed by atoms with van der Waals surface area (Å²) in [5, 5.41) is 2.75. The lowest BCUT2D eigenvalue weighted by Crippen LogP contribution is -2.23. The molecule has 98 valence electrons. The van der Waals surface area contributed by atoms with Gasteiger partial charge in [0, 0.05) is 16.8 Å². The molecule has 1 unspecified atom stereocenters. The van der Waals surface area contributed by atoms with E-state index in [1.165, 1.54) is 0 Å². The second-order valence-electron chi connectivity index (χ2n) is 4.08. The SMILES string of the molecule is Nc1ccc(NC(=O)COC2CCOC2)c(Br)c1. The van der Waals surface area contributed by atoms with Crippen molar-refractivity contribution in [2.24, 2.45) is 0 Å². The fourth-order valence-electron chi connectivity index (χ4n) is 1.66. The van der Waals surface area contributed by atoms with Crippen LogP contribution in [0.3, 0.4) is 0 Å². The monoisotopic (exact) mass is 314 g/mol. The molecule has 1 saturated heterocycles. The van der Waals surface area contributed by atoms with E-state index in [-0.39, 0.29) is 18.6 Å². The summed E-state index contributed by atoms with van der Waals surface area (Å²) in [7, 11) is 0. The number of anilines is 2. The first-order valence-corrected chi connectivity index (χ1v) is 6.48. The predicted molar refractivity (Wildman–Crippen MR) is 72.4 cm³/mol. The molecular formula is C12H15BrN2O3. The van der Waals surface area contributed by atoms with Gasteiger partial charge in [-0.15, -0.1) is 0 Å². The minimum absolute atomic E-state index is 0.0326. The van der Waals surface area contributed by atoms with Gasteiger partial charge in [0.1, 0.15) is 6.61 Å². The third-order valence-electron chi connectivity index (χ3n) is 2.61. The zero-order chi connectivity index (χ0) is 13.0. The topological polar surface area (TPSA) is 73.6 Å². The second-order valence-corrected chi connectivity index (χ2v) is 4.94. The Kier molecular flexibility index (Phi) is 4.57. The molecule has 1 aromatic carbocycles. The second kappa shape index (κ2) is 6.17. The molecule has 0 bridgehead atoms. The van der Waals surface area contributed by atoms with Crippen LogP contribution in [0.4, 0.5) is 11.4 Å². The van der Waals surface area contributed by atoms with Gasteiger partial charge in [-0.05, 0) is 40.5 Å². The van der Waals surface area contributed by atoms with E-state index in [0.717, 1.165) is 10.9 Å². The highest BCUT2D eigenvalue weighted by atomic mass is 79.9. The van der Waals surface area contributed by atoms with Crippen LogP contribution in [0.2, 0.25) is 0 Å². The highest BCUT2D eigenvalue weighted by molar-refractivity contribution is 9.10. The van der Waals surface area contributed by atoms with Crippen LogP contribution in [0.1, 0.15) is 6.42 Å². The Hall–Kier alpha value is -1.11. The number of hydrogen-bond acceptors (Lipinski definition) is 4. The molecule has 0 radical (unpaired) electrons. The first kappa shape index (κ1) is 13.3. The number of nitrogen functional groups attached to an aromatic ring is 1. The van der Waals surface area contributed by atoms with Gasteiger partial charge in [0.05, 0.1) is 18.4 Å². The third kappa shape index (κ3) is 3.69. The Bertz CT molecular complexity index is 433. The van der Waals surface area contributed by atoms with Gasteiger partial charge >= 0.3 is 0 Å². The van der Waals surface area contributed by atoms with E-state index < -0.39 is 0 Å². The van der Waals surface area contributed by atoms with E-state index in [4.69, 9.17) is 15.2 Å². The van der Waals surface area contributed by atoms with Crippen molar-refractivity contribution < 1.29 is 14.3 Å². The molecule has 0 aromatic heterocycles. The Morgan fingerprint density at radius 2 is 2.44 bits per heavy atom. The average Bonchev–Trinajstić information content (AvgIpc) is 2.83. The highest BCUT2D eigenvalue weighted by Crippen LogP contribution is 2.24. The molecule has 1 aliphatic rings. The summed E-state index contributed by atoms with van der Waals surface area (Å²) >= 11 is 3.34. The maximum atomic E-state index is 11.7. The molecule has 1 aliphatic heterocycles. The normalized spacial score (nSPS) is 18.8. The lowest BCUT2D eigenvalue weighted by Gasteiger charge is -2.11. The number of benzene rings is 1. The van der Waals surface area contributed by atoms with Gasteiger partial charge in [-0.25, -0.2) is 0 Å². The average molecular weight is 315 g/mol. The van der Waals surface area contributed by atoms with Crippen molar-refractivity contribution in [2.45, 2.75) is 12.5 Å². The standard InChI is InChI=1S/C12H15BrN2O3/c13-10-5-8(14)1-2-11(10)15-12(16)7-18-9-3-4-17-6-9/h1-2,5,9H,3-4,6-7,14H2,(H,15,16). The van der Waals surface area contributed by atoms with Crippen molar-refractivity contribution in [1.29, 1.82) is 0 Å². The molecule has 2 rings (SSSR count). The maximum Gasteiger partial charge on any atom is 0.250 e. The largest absolute Gasteiger partial charge is 0.399 e. The zero-order valence-corrected chi connectivity index (χ0v) is 11.4. The molecule has 0 aliphatic carbocycles. The zero-order valence-electron chi connectivity index (χ0n) is 9.82. The van der Waals surface area contributed by atoms with Crippen LogP contribution >= 0.6 is 15.9 Å². The number of nitrogens with two attached hydrogens (primary N) is 1. The molecular weight excluding hydrogens is 300 g/mol. The van der Waals surface area contributed by atoms with E-state index in [1.54, 1.807) is 18.2 Å². The van der Waals surface area contributed by atoms with E-state index in [0.29, 0.717) is 24.6 Å². The van der Waals surface area contributed by atoms with Gasteiger partial charge in [-0.3, -0.25) is 4.79 Å². The fourth-order valence-corrected chi connectivity index (χ4v) is 2.15. The molecule has 1 atom stereocenters. The molecule has 3 N–H and O–H groups in total. The van der Waals surface area contributed by atoms with E-state index >= 15 is 0 Å². The fraction of sp³-hybridized carbons (Fsp3) is 0.417. The number of hydrogen-bond donors (Lipinski definition) is 2. The summed E-state index contributed by atoms with van der Waals surface area (Å²) in [6, 6.07) is 5.21. The number of nitrogens with one attached hydrogen (secondary N) is 1. The minimum atomic E-state index is -0.188. The number of carbonyl (C=O) groups is 1. The van der Waals surface area contributed by atoms with Crippen molar-refractivity contribution in [3.63, 3.8) is 0 Å². The highest BCUT2D eigenvalue weighted by Gasteiger charge is 2.17. The van der Waals surface area contributed by atoms with Crippen molar-refractivity contribution in [1.82, 2.24) is 0 Å². The minimum Gasteiger partial charge on any atom is -0.399 e. The Morgan fingerprint density at radius 3 is 3.11 bits per heavy atom. The van der Waals surface area contributed by atoms with E-state index in [1.807, 2.05) is 0 Å². The van der Waals surface area contributed by atoms with Gasteiger partial charge in [0.15, 0.2) is 0 Å². The smallest absolute Gasteiger partial charge is 0.250 e. The lowest BCUT2D eigenvalue weighted by molar-refractivity contribution is -0.122. The Morgan fingerprint density at radius 1 is 1.61 bits per heavy atom. The van der Waals surface area contributed by atoms with Crippen LogP contribution in [0.5, 0.6) is 0 Å². The van der Waals surface area contributed by atoms with Gasteiger partial charge in [-0.2, -0.15) is 0 Å². The van der Waals surface area contributed by atoms with Gasteiger partial charge in [0.2, 0.25) is 5.91 Å². The maximum absolute atomic E-state index is 11.7. The lowest BCUT2D eigenvalue weighted by atomic mass is 10.3. The van der Waals surface area contributed by atoms with Crippen molar-refractivity contribution in [3.05, 3.63) is 22.7 Å². The molecule has 0 saturated carbocycles. The van der Waals surface area contributed by atoms with E-state index in [2.05, 4.69) is 21.2 Å². The summed E-state index contributed by atoms with van der Waals surface area (Å²) in [6.07, 6.45) is 0.879. The molecule has 18 heavy (non-hydrogen) atoms. The molecule has 5 nitrogen and oxygen atoms in total. The number of halogens is 1. The molecule has 6 heteroatoms. The quantitative estimate of drug-likeness (QED) is 0.831. The van der Waals surface area contributed by atoms with Crippen LogP contribution in [-0.2, 0) is 14.3 Å².